The molecule has 0 heterocycles. The van der Waals surface area contributed by atoms with Crippen molar-refractivity contribution in [2.45, 2.75) is 0 Å². The zero-order chi connectivity index (χ0) is 12.9. The topological polar surface area (TPSA) is 34.1 Å². The molecular weight excluding hydrogens is 552 g/mol. The third-order valence-corrected chi connectivity index (χ3v) is 6.90. The van der Waals surface area contributed by atoms with Crippen molar-refractivity contribution in [1.82, 2.24) is 0 Å². The summed E-state index contributed by atoms with van der Waals surface area (Å²) in [5, 5.41) is 0. The van der Waals surface area contributed by atoms with Crippen molar-refractivity contribution < 1.29 is 9.59 Å². The van der Waals surface area contributed by atoms with Gasteiger partial charge in [0.15, 0.2) is 0 Å². The number of allylic oxidation sites excluding steroid dienone is 1. The Morgan fingerprint density at radius 1 is 0.706 bits per heavy atom. The van der Waals surface area contributed by atoms with Crippen LogP contribution >= 0.6 is 79.6 Å². The van der Waals surface area contributed by atoms with Crippen molar-refractivity contribution in [3.05, 3.63) is 35.1 Å². The highest BCUT2D eigenvalue weighted by atomic mass is 79.9. The second kappa shape index (κ2) is 5.00. The van der Waals surface area contributed by atoms with Gasteiger partial charge in [0.1, 0.15) is 0 Å². The van der Waals surface area contributed by atoms with Gasteiger partial charge in [-0.15, -0.1) is 0 Å². The molecule has 1 aromatic carbocycles. The molecule has 1 aromatic rings. The van der Waals surface area contributed by atoms with Crippen molar-refractivity contribution in [3.8, 4) is 0 Å². The summed E-state index contributed by atoms with van der Waals surface area (Å²) in [6, 6.07) is 1.73. The average Bonchev–Trinajstić information content (AvgIpc) is 2.28. The van der Waals surface area contributed by atoms with Crippen LogP contribution in [0.3, 0.4) is 0 Å². The summed E-state index contributed by atoms with van der Waals surface area (Å²) in [6.45, 7) is 0. The van der Waals surface area contributed by atoms with Gasteiger partial charge in [-0.2, -0.15) is 0 Å². The van der Waals surface area contributed by atoms with E-state index in [1.165, 1.54) is 0 Å². The van der Waals surface area contributed by atoms with E-state index < -0.39 is 11.6 Å². The molecule has 0 atom stereocenters. The van der Waals surface area contributed by atoms with Crippen molar-refractivity contribution in [3.63, 3.8) is 0 Å². The molecule has 2 rings (SSSR count). The number of fused-ring (bicyclic) bond motifs is 1. The molecule has 0 aliphatic heterocycles. The minimum absolute atomic E-state index is 0.237. The smallest absolute Gasteiger partial charge is 0.241 e. The lowest BCUT2D eigenvalue weighted by atomic mass is 9.95. The maximum atomic E-state index is 12.0. The predicted octanol–water partition coefficient (Wildman–Crippen LogP) is 5.20. The second-order valence-electron chi connectivity index (χ2n) is 3.19. The highest BCUT2D eigenvalue weighted by molar-refractivity contribution is 9.17. The molecule has 0 spiro atoms. The van der Waals surface area contributed by atoms with Crippen molar-refractivity contribution in [2.75, 3.05) is 0 Å². The fourth-order valence-corrected chi connectivity index (χ4v) is 4.52. The Morgan fingerprint density at radius 2 is 1.29 bits per heavy atom. The molecule has 1 aliphatic carbocycles. The van der Waals surface area contributed by atoms with Crippen LogP contribution in [0.1, 0.15) is 15.9 Å². The molecular formula is C10HBr5O2. The molecule has 17 heavy (non-hydrogen) atoms. The Hall–Kier alpha value is 0.700. The Balaban J connectivity index is 2.95. The molecule has 0 unspecified atom stereocenters. The molecule has 88 valence electrons. The van der Waals surface area contributed by atoms with Gasteiger partial charge in [0, 0.05) is 29.0 Å². The number of rotatable bonds is 0. The van der Waals surface area contributed by atoms with E-state index in [1.807, 2.05) is 0 Å². The minimum atomic E-state index is -0.556. The SMILES string of the molecule is O=C1C(=O)c2c(Br)cc(Br)c(Br)c2C(Br)=C1Br. The van der Waals surface area contributed by atoms with Gasteiger partial charge < -0.3 is 0 Å². The van der Waals surface area contributed by atoms with Crippen LogP contribution in [-0.2, 0) is 4.79 Å². The van der Waals surface area contributed by atoms with E-state index in [0.29, 0.717) is 20.1 Å². The number of carbonyl (C=O) groups excluding carboxylic acids is 2. The molecule has 0 saturated carbocycles. The summed E-state index contributed by atoms with van der Waals surface area (Å²) in [4.78, 5) is 23.7. The molecule has 0 amide bonds. The van der Waals surface area contributed by atoms with Gasteiger partial charge in [0.2, 0.25) is 11.6 Å². The Labute approximate surface area is 139 Å². The van der Waals surface area contributed by atoms with Crippen LogP contribution < -0.4 is 0 Å². The molecule has 1 aliphatic rings. The maximum absolute atomic E-state index is 12.0. The highest BCUT2D eigenvalue weighted by Crippen LogP contribution is 2.45. The molecule has 0 radical (unpaired) electrons. The number of halogens is 5. The summed E-state index contributed by atoms with van der Waals surface area (Å²) in [5.41, 5.74) is 1.02. The number of ketones is 2. The normalized spacial score (nSPS) is 15.4. The molecule has 7 heteroatoms. The quantitative estimate of drug-likeness (QED) is 0.328. The van der Waals surface area contributed by atoms with E-state index in [4.69, 9.17) is 0 Å². The first kappa shape index (κ1) is 14.1. The van der Waals surface area contributed by atoms with Crippen molar-refractivity contribution >= 4 is 95.7 Å². The Kier molecular flexibility index (Phi) is 4.15. The lowest BCUT2D eigenvalue weighted by Gasteiger charge is -2.18. The van der Waals surface area contributed by atoms with Crippen LogP contribution in [-0.4, -0.2) is 11.6 Å². The van der Waals surface area contributed by atoms with Gasteiger partial charge in [-0.25, -0.2) is 0 Å². The van der Waals surface area contributed by atoms with E-state index in [0.717, 1.165) is 8.95 Å². The summed E-state index contributed by atoms with van der Waals surface area (Å²) >= 11 is 16.5. The van der Waals surface area contributed by atoms with Crippen molar-refractivity contribution in [1.29, 1.82) is 0 Å². The first-order valence-electron chi connectivity index (χ1n) is 4.18. The van der Waals surface area contributed by atoms with E-state index in [9.17, 15) is 9.59 Å². The van der Waals surface area contributed by atoms with Gasteiger partial charge in [0.25, 0.3) is 0 Å². The fraction of sp³-hybridized carbons (Fsp3) is 0. The summed E-state index contributed by atoms with van der Waals surface area (Å²) in [5.74, 6) is -1.09. The van der Waals surface area contributed by atoms with Gasteiger partial charge >= 0.3 is 0 Å². The second-order valence-corrected chi connectivity index (χ2v) is 7.28. The summed E-state index contributed by atoms with van der Waals surface area (Å²) in [7, 11) is 0. The molecule has 0 N–H and O–H groups in total. The van der Waals surface area contributed by atoms with E-state index in [2.05, 4.69) is 79.6 Å². The largest absolute Gasteiger partial charge is 0.285 e. The van der Waals surface area contributed by atoms with Gasteiger partial charge in [0.05, 0.1) is 4.48 Å². The lowest BCUT2D eigenvalue weighted by molar-refractivity contribution is -0.111. The number of carbonyl (C=O) groups is 2. The van der Waals surface area contributed by atoms with E-state index >= 15 is 0 Å². The number of hydrogen-bond acceptors (Lipinski definition) is 2. The standard InChI is InChI=1S/C10HBr5O2/c11-2-1-3(12)6(13)5-4(2)9(16)10(17)8(15)7(5)14/h1H. The summed E-state index contributed by atoms with van der Waals surface area (Å²) in [6.07, 6.45) is 0. The molecule has 2 nitrogen and oxygen atoms in total. The zero-order valence-corrected chi connectivity index (χ0v) is 15.7. The monoisotopic (exact) mass is 548 g/mol. The number of hydrogen-bond donors (Lipinski definition) is 0. The van der Waals surface area contributed by atoms with Crippen LogP contribution in [0.2, 0.25) is 0 Å². The van der Waals surface area contributed by atoms with Gasteiger partial charge in [-0.05, 0) is 85.7 Å². The minimum Gasteiger partial charge on any atom is -0.285 e. The number of benzene rings is 1. The first-order valence-corrected chi connectivity index (χ1v) is 8.15. The van der Waals surface area contributed by atoms with Crippen LogP contribution in [0.5, 0.6) is 0 Å². The Bertz CT molecular complexity index is 603. The zero-order valence-electron chi connectivity index (χ0n) is 7.78. The molecule has 0 aromatic heterocycles. The van der Waals surface area contributed by atoms with Gasteiger partial charge in [-0.3, -0.25) is 9.59 Å². The third-order valence-electron chi connectivity index (χ3n) is 2.22. The fourth-order valence-electron chi connectivity index (χ4n) is 1.45. The van der Waals surface area contributed by atoms with Crippen molar-refractivity contribution in [2.24, 2.45) is 0 Å². The molecule has 0 bridgehead atoms. The highest BCUT2D eigenvalue weighted by Gasteiger charge is 2.34. The van der Waals surface area contributed by atoms with E-state index in [1.54, 1.807) is 6.07 Å². The average molecular weight is 553 g/mol. The van der Waals surface area contributed by atoms with Crippen LogP contribution in [0.4, 0.5) is 0 Å². The third kappa shape index (κ3) is 2.18. The Morgan fingerprint density at radius 3 is 1.88 bits per heavy atom. The first-order chi connectivity index (χ1) is 7.86. The molecule has 0 saturated heterocycles. The van der Waals surface area contributed by atoms with Gasteiger partial charge in [-0.1, -0.05) is 0 Å². The van der Waals surface area contributed by atoms with E-state index in [-0.39, 0.29) is 4.48 Å². The van der Waals surface area contributed by atoms with Crippen LogP contribution in [0, 0.1) is 0 Å². The van der Waals surface area contributed by atoms with Crippen LogP contribution in [0.15, 0.2) is 24.0 Å². The predicted molar refractivity (Wildman–Crippen MR) is 83.7 cm³/mol. The number of Topliss-reactive ketones (excluding diaryl/α,β-unsaturated/α-hetero) is 2. The lowest BCUT2D eigenvalue weighted by Crippen LogP contribution is -2.21. The van der Waals surface area contributed by atoms with Crippen LogP contribution in [0.25, 0.3) is 4.48 Å². The molecule has 0 fully saturated rings. The maximum Gasteiger partial charge on any atom is 0.241 e. The summed E-state index contributed by atoms with van der Waals surface area (Å²) < 4.78 is 2.90.